The van der Waals surface area contributed by atoms with Crippen molar-refractivity contribution in [2.45, 2.75) is 32.6 Å². The third-order valence-electron chi connectivity index (χ3n) is 4.33. The largest absolute Gasteiger partial charge is 0.481 e. The summed E-state index contributed by atoms with van der Waals surface area (Å²) in [7, 11) is 0. The van der Waals surface area contributed by atoms with E-state index in [0.29, 0.717) is 31.6 Å². The number of likely N-dealkylation sites (tertiary alicyclic amines) is 1. The second-order valence-electron chi connectivity index (χ2n) is 6.39. The molecule has 0 aromatic carbocycles. The maximum atomic E-state index is 12.4. The molecule has 0 atom stereocenters. The molecule has 1 aliphatic rings. The summed E-state index contributed by atoms with van der Waals surface area (Å²) in [5.41, 5.74) is 1.40. The molecule has 3 rings (SSSR count). The first kappa shape index (κ1) is 16.2. The molecule has 1 aliphatic heterocycles. The number of fused-ring (bicyclic) bond motifs is 1. The molecule has 0 spiro atoms. The molecular weight excluding hydrogens is 310 g/mol. The van der Waals surface area contributed by atoms with E-state index in [1.54, 1.807) is 11.0 Å². The van der Waals surface area contributed by atoms with Crippen molar-refractivity contribution in [3.05, 3.63) is 24.2 Å². The summed E-state index contributed by atoms with van der Waals surface area (Å²) in [6.07, 6.45) is 2.79. The van der Waals surface area contributed by atoms with Crippen LogP contribution in [0.5, 0.6) is 0 Å². The fourth-order valence-corrected chi connectivity index (χ4v) is 2.91. The normalized spacial score (nSPS) is 15.9. The number of aromatic nitrogens is 3. The van der Waals surface area contributed by atoms with Crippen molar-refractivity contribution in [1.82, 2.24) is 19.5 Å². The summed E-state index contributed by atoms with van der Waals surface area (Å²) in [5, 5.41) is 20.2. The van der Waals surface area contributed by atoms with Gasteiger partial charge in [0, 0.05) is 25.2 Å². The van der Waals surface area contributed by atoms with Gasteiger partial charge in [-0.1, -0.05) is 13.8 Å². The summed E-state index contributed by atoms with van der Waals surface area (Å²) in [6, 6.07) is 3.39. The zero-order chi connectivity index (χ0) is 17.3. The summed E-state index contributed by atoms with van der Waals surface area (Å²) < 4.78 is 1.87. The van der Waals surface area contributed by atoms with Gasteiger partial charge in [0.25, 0.3) is 0 Å². The lowest BCUT2D eigenvalue weighted by atomic mass is 9.97. The number of nitrogens with zero attached hydrogens (tertiary/aromatic N) is 4. The summed E-state index contributed by atoms with van der Waals surface area (Å²) in [4.78, 5) is 25.0. The lowest BCUT2D eigenvalue weighted by Gasteiger charge is -2.30. The van der Waals surface area contributed by atoms with Gasteiger partial charge in [-0.25, -0.2) is 4.79 Å². The first-order chi connectivity index (χ1) is 11.5. The Balaban J connectivity index is 1.69. The van der Waals surface area contributed by atoms with Crippen LogP contribution in [0.15, 0.2) is 18.3 Å². The van der Waals surface area contributed by atoms with E-state index in [9.17, 15) is 9.59 Å². The Labute approximate surface area is 139 Å². The zero-order valence-corrected chi connectivity index (χ0v) is 13.8. The number of carbonyl (C=O) groups is 2. The Bertz CT molecular complexity index is 762. The molecule has 8 nitrogen and oxygen atoms in total. The fourth-order valence-electron chi connectivity index (χ4n) is 2.91. The number of hydrogen-bond donors (Lipinski definition) is 2. The van der Waals surface area contributed by atoms with Crippen molar-refractivity contribution >= 4 is 23.3 Å². The number of carboxylic acid groups (broad SMARTS) is 1. The van der Waals surface area contributed by atoms with E-state index in [-0.39, 0.29) is 17.9 Å². The lowest BCUT2D eigenvalue weighted by Crippen LogP contribution is -2.42. The van der Waals surface area contributed by atoms with E-state index in [2.05, 4.69) is 15.5 Å². The van der Waals surface area contributed by atoms with Gasteiger partial charge in [0.1, 0.15) is 5.82 Å². The van der Waals surface area contributed by atoms with E-state index in [0.717, 1.165) is 11.5 Å². The van der Waals surface area contributed by atoms with Crippen LogP contribution in [0.1, 0.15) is 38.4 Å². The summed E-state index contributed by atoms with van der Waals surface area (Å²) >= 11 is 0. The molecular formula is C16H21N5O3. The molecule has 1 fully saturated rings. The minimum Gasteiger partial charge on any atom is -0.481 e. The predicted octanol–water partition coefficient (Wildman–Crippen LogP) is 2.18. The van der Waals surface area contributed by atoms with Crippen LogP contribution in [0.2, 0.25) is 0 Å². The highest BCUT2D eigenvalue weighted by molar-refractivity contribution is 5.89. The molecule has 3 heterocycles. The maximum absolute atomic E-state index is 12.4. The average molecular weight is 331 g/mol. The summed E-state index contributed by atoms with van der Waals surface area (Å²) in [5.74, 6) is -0.0743. The maximum Gasteiger partial charge on any atom is 0.321 e. The number of piperidine rings is 1. The van der Waals surface area contributed by atoms with Gasteiger partial charge in [0.2, 0.25) is 0 Å². The smallest absolute Gasteiger partial charge is 0.321 e. The molecule has 1 saturated heterocycles. The SMILES string of the molecule is CC(C)c1nnc2ccc(NC(=O)N3CCC(C(=O)O)CC3)cn12. The van der Waals surface area contributed by atoms with Crippen molar-refractivity contribution in [2.24, 2.45) is 5.92 Å². The van der Waals surface area contributed by atoms with Gasteiger partial charge in [-0.2, -0.15) is 0 Å². The van der Waals surface area contributed by atoms with Gasteiger partial charge < -0.3 is 15.3 Å². The van der Waals surface area contributed by atoms with Crippen molar-refractivity contribution in [3.8, 4) is 0 Å². The van der Waals surface area contributed by atoms with Crippen LogP contribution < -0.4 is 5.32 Å². The Hall–Kier alpha value is -2.64. The van der Waals surface area contributed by atoms with Crippen molar-refractivity contribution < 1.29 is 14.7 Å². The van der Waals surface area contributed by atoms with E-state index >= 15 is 0 Å². The average Bonchev–Trinajstić information content (AvgIpc) is 2.98. The van der Waals surface area contributed by atoms with Gasteiger partial charge in [0.05, 0.1) is 11.6 Å². The summed E-state index contributed by atoms with van der Waals surface area (Å²) in [6.45, 7) is 4.98. The Kier molecular flexibility index (Phi) is 4.37. The number of pyridine rings is 1. The van der Waals surface area contributed by atoms with Gasteiger partial charge >= 0.3 is 12.0 Å². The molecule has 128 valence electrons. The molecule has 2 aromatic heterocycles. The minimum absolute atomic E-state index is 0.211. The minimum atomic E-state index is -0.783. The van der Waals surface area contributed by atoms with Gasteiger partial charge in [-0.15, -0.1) is 10.2 Å². The Morgan fingerprint density at radius 1 is 1.25 bits per heavy atom. The van der Waals surface area contributed by atoms with E-state index in [1.165, 1.54) is 0 Å². The number of carboxylic acids is 1. The lowest BCUT2D eigenvalue weighted by molar-refractivity contribution is -0.143. The number of anilines is 1. The first-order valence-corrected chi connectivity index (χ1v) is 8.09. The number of carbonyl (C=O) groups excluding carboxylic acids is 1. The number of aliphatic carboxylic acids is 1. The number of rotatable bonds is 3. The van der Waals surface area contributed by atoms with Crippen LogP contribution in [0.3, 0.4) is 0 Å². The van der Waals surface area contributed by atoms with Crippen LogP contribution in [-0.4, -0.2) is 49.7 Å². The van der Waals surface area contributed by atoms with Crippen LogP contribution >= 0.6 is 0 Å². The number of amides is 2. The zero-order valence-electron chi connectivity index (χ0n) is 13.8. The van der Waals surface area contributed by atoms with Gasteiger partial charge in [0.15, 0.2) is 5.65 Å². The standard InChI is InChI=1S/C16H21N5O3/c1-10(2)14-19-18-13-4-3-12(9-21(13)14)17-16(24)20-7-5-11(6-8-20)15(22)23/h3-4,9-11H,5-8H2,1-2H3,(H,17,24)(H,22,23). The van der Waals surface area contributed by atoms with Crippen molar-refractivity contribution in [2.75, 3.05) is 18.4 Å². The van der Waals surface area contributed by atoms with Crippen molar-refractivity contribution in [1.29, 1.82) is 0 Å². The van der Waals surface area contributed by atoms with E-state index < -0.39 is 5.97 Å². The van der Waals surface area contributed by atoms with Crippen LogP contribution in [0.4, 0.5) is 10.5 Å². The molecule has 8 heteroatoms. The molecule has 0 aliphatic carbocycles. The fraction of sp³-hybridized carbons (Fsp3) is 0.500. The molecule has 0 radical (unpaired) electrons. The number of urea groups is 1. The highest BCUT2D eigenvalue weighted by Gasteiger charge is 2.27. The van der Waals surface area contributed by atoms with E-state index in [1.807, 2.05) is 30.5 Å². The van der Waals surface area contributed by atoms with Crippen LogP contribution in [-0.2, 0) is 4.79 Å². The topological polar surface area (TPSA) is 99.8 Å². The number of hydrogen-bond acceptors (Lipinski definition) is 4. The second-order valence-corrected chi connectivity index (χ2v) is 6.39. The molecule has 2 aromatic rings. The molecule has 0 unspecified atom stereocenters. The second kappa shape index (κ2) is 6.46. The first-order valence-electron chi connectivity index (χ1n) is 8.09. The molecule has 0 saturated carbocycles. The molecule has 0 bridgehead atoms. The van der Waals surface area contributed by atoms with Crippen molar-refractivity contribution in [3.63, 3.8) is 0 Å². The van der Waals surface area contributed by atoms with Gasteiger partial charge in [-0.3, -0.25) is 9.20 Å². The number of nitrogens with one attached hydrogen (secondary N) is 1. The third-order valence-corrected chi connectivity index (χ3v) is 4.33. The van der Waals surface area contributed by atoms with Crippen LogP contribution in [0, 0.1) is 5.92 Å². The Morgan fingerprint density at radius 2 is 1.96 bits per heavy atom. The molecule has 2 N–H and O–H groups in total. The Morgan fingerprint density at radius 3 is 2.58 bits per heavy atom. The quantitative estimate of drug-likeness (QED) is 0.898. The van der Waals surface area contributed by atoms with E-state index in [4.69, 9.17) is 5.11 Å². The highest BCUT2D eigenvalue weighted by atomic mass is 16.4. The molecule has 2 amide bonds. The third kappa shape index (κ3) is 3.17. The monoisotopic (exact) mass is 331 g/mol. The predicted molar refractivity (Wildman–Crippen MR) is 88.0 cm³/mol. The highest BCUT2D eigenvalue weighted by Crippen LogP contribution is 2.20. The van der Waals surface area contributed by atoms with Crippen LogP contribution in [0.25, 0.3) is 5.65 Å². The molecule has 24 heavy (non-hydrogen) atoms. The van der Waals surface area contributed by atoms with Gasteiger partial charge in [-0.05, 0) is 25.0 Å².